The number of rotatable bonds is 3. The molecular formula is C17H27ClN2O. The van der Waals surface area contributed by atoms with Crippen LogP contribution in [0.2, 0.25) is 5.02 Å². The van der Waals surface area contributed by atoms with Crippen LogP contribution in [0.3, 0.4) is 0 Å². The lowest BCUT2D eigenvalue weighted by atomic mass is 9.95. The second-order valence-corrected chi connectivity index (χ2v) is 7.54. The quantitative estimate of drug-likeness (QED) is 0.898. The topological polar surface area (TPSA) is 35.5 Å². The van der Waals surface area contributed by atoms with Gasteiger partial charge in [0.1, 0.15) is 0 Å². The molecule has 1 saturated heterocycles. The molecule has 0 radical (unpaired) electrons. The minimum Gasteiger partial charge on any atom is -0.393 e. The molecule has 1 aromatic rings. The summed E-state index contributed by atoms with van der Waals surface area (Å²) >= 11 is 6.46. The van der Waals surface area contributed by atoms with E-state index in [2.05, 4.69) is 44.0 Å². The van der Waals surface area contributed by atoms with Crippen molar-refractivity contribution in [2.45, 2.75) is 52.3 Å². The maximum Gasteiger partial charge on any atom is 0.0642 e. The predicted octanol–water partition coefficient (Wildman–Crippen LogP) is 3.44. The van der Waals surface area contributed by atoms with Crippen LogP contribution in [0.25, 0.3) is 0 Å². The van der Waals surface area contributed by atoms with Gasteiger partial charge in [0.05, 0.1) is 16.8 Å². The van der Waals surface area contributed by atoms with E-state index in [4.69, 9.17) is 11.6 Å². The third kappa shape index (κ3) is 4.35. The maximum absolute atomic E-state index is 9.92. The molecule has 3 nitrogen and oxygen atoms in total. The van der Waals surface area contributed by atoms with Crippen molar-refractivity contribution in [2.75, 3.05) is 18.0 Å². The molecule has 4 heteroatoms. The number of hydrogen-bond donors (Lipinski definition) is 2. The van der Waals surface area contributed by atoms with E-state index >= 15 is 0 Å². The van der Waals surface area contributed by atoms with Crippen molar-refractivity contribution in [3.05, 3.63) is 28.8 Å². The van der Waals surface area contributed by atoms with E-state index < -0.39 is 0 Å². The molecule has 2 unspecified atom stereocenters. The number of nitrogens with one attached hydrogen (secondary N) is 1. The fourth-order valence-electron chi connectivity index (χ4n) is 2.75. The molecule has 0 saturated carbocycles. The van der Waals surface area contributed by atoms with Crippen LogP contribution in [-0.2, 0) is 6.54 Å². The third-order valence-corrected chi connectivity index (χ3v) is 4.36. The highest BCUT2D eigenvalue weighted by atomic mass is 35.5. The molecule has 21 heavy (non-hydrogen) atoms. The van der Waals surface area contributed by atoms with Crippen molar-refractivity contribution >= 4 is 17.3 Å². The van der Waals surface area contributed by atoms with E-state index in [1.165, 1.54) is 5.56 Å². The van der Waals surface area contributed by atoms with Crippen molar-refractivity contribution in [3.8, 4) is 0 Å². The Morgan fingerprint density at radius 1 is 1.38 bits per heavy atom. The van der Waals surface area contributed by atoms with E-state index in [0.717, 1.165) is 36.8 Å². The zero-order valence-corrected chi connectivity index (χ0v) is 14.2. The molecule has 0 amide bonds. The van der Waals surface area contributed by atoms with Gasteiger partial charge in [-0.3, -0.25) is 0 Å². The van der Waals surface area contributed by atoms with E-state index in [9.17, 15) is 5.11 Å². The number of anilines is 1. The number of aliphatic hydroxyl groups excluding tert-OH is 1. The molecule has 1 fully saturated rings. The van der Waals surface area contributed by atoms with Crippen LogP contribution in [0.5, 0.6) is 0 Å². The molecular weight excluding hydrogens is 284 g/mol. The first kappa shape index (κ1) is 16.6. The van der Waals surface area contributed by atoms with Crippen LogP contribution in [-0.4, -0.2) is 29.8 Å². The van der Waals surface area contributed by atoms with Crippen LogP contribution < -0.4 is 10.2 Å². The average Bonchev–Trinajstić information content (AvgIpc) is 2.39. The highest BCUT2D eigenvalue weighted by molar-refractivity contribution is 6.33. The van der Waals surface area contributed by atoms with Gasteiger partial charge < -0.3 is 15.3 Å². The number of hydrogen-bond acceptors (Lipinski definition) is 3. The van der Waals surface area contributed by atoms with Gasteiger partial charge in [-0.2, -0.15) is 0 Å². The Morgan fingerprint density at radius 2 is 2.10 bits per heavy atom. The lowest BCUT2D eigenvalue weighted by Crippen LogP contribution is -2.43. The van der Waals surface area contributed by atoms with E-state index in [1.54, 1.807) is 0 Å². The van der Waals surface area contributed by atoms with Gasteiger partial charge in [0.15, 0.2) is 0 Å². The number of aliphatic hydroxyl groups is 1. The fraction of sp³-hybridized carbons (Fsp3) is 0.647. The van der Waals surface area contributed by atoms with Gasteiger partial charge in [0, 0.05) is 25.2 Å². The Balaban J connectivity index is 2.21. The van der Waals surface area contributed by atoms with Gasteiger partial charge in [0.25, 0.3) is 0 Å². The van der Waals surface area contributed by atoms with E-state index in [1.807, 2.05) is 12.1 Å². The van der Waals surface area contributed by atoms with Crippen molar-refractivity contribution in [1.29, 1.82) is 0 Å². The van der Waals surface area contributed by atoms with Gasteiger partial charge >= 0.3 is 0 Å². The summed E-state index contributed by atoms with van der Waals surface area (Å²) in [6, 6.07) is 6.09. The molecule has 0 aliphatic carbocycles. The number of para-hydroxylation sites is 1. The molecule has 1 aliphatic rings. The summed E-state index contributed by atoms with van der Waals surface area (Å²) in [6.07, 6.45) is 0.610. The second-order valence-electron chi connectivity index (χ2n) is 7.13. The van der Waals surface area contributed by atoms with Gasteiger partial charge in [-0.15, -0.1) is 0 Å². The molecule has 2 N–H and O–H groups in total. The summed E-state index contributed by atoms with van der Waals surface area (Å²) in [5.74, 6) is 0.276. The van der Waals surface area contributed by atoms with Crippen molar-refractivity contribution in [3.63, 3.8) is 0 Å². The number of benzene rings is 1. The standard InChI is InChI=1S/C17H27ClN2O/c1-12-11-20(9-8-15(12)21)16-13(6-5-7-14(16)18)10-19-17(2,3)4/h5-7,12,15,19,21H,8-11H2,1-4H3. The summed E-state index contributed by atoms with van der Waals surface area (Å²) in [5, 5.41) is 14.2. The average molecular weight is 311 g/mol. The first-order valence-electron chi connectivity index (χ1n) is 7.73. The smallest absolute Gasteiger partial charge is 0.0642 e. The molecule has 1 aliphatic heterocycles. The number of halogens is 1. The molecule has 1 aromatic carbocycles. The fourth-order valence-corrected chi connectivity index (χ4v) is 3.07. The zero-order valence-electron chi connectivity index (χ0n) is 13.5. The molecule has 2 atom stereocenters. The van der Waals surface area contributed by atoms with Crippen LogP contribution >= 0.6 is 11.6 Å². The van der Waals surface area contributed by atoms with Crippen molar-refractivity contribution in [2.24, 2.45) is 5.92 Å². The second kappa shape index (κ2) is 6.55. The Hall–Kier alpha value is -0.770. The van der Waals surface area contributed by atoms with Crippen LogP contribution in [0, 0.1) is 5.92 Å². The van der Waals surface area contributed by atoms with E-state index in [-0.39, 0.29) is 17.6 Å². The van der Waals surface area contributed by atoms with Gasteiger partial charge in [0.2, 0.25) is 0 Å². The number of piperidine rings is 1. The van der Waals surface area contributed by atoms with Crippen molar-refractivity contribution in [1.82, 2.24) is 5.32 Å². The third-order valence-electron chi connectivity index (χ3n) is 4.06. The summed E-state index contributed by atoms with van der Waals surface area (Å²) in [4.78, 5) is 2.32. The lowest BCUT2D eigenvalue weighted by molar-refractivity contribution is 0.0970. The summed E-state index contributed by atoms with van der Waals surface area (Å²) in [6.45, 7) is 11.1. The monoisotopic (exact) mass is 310 g/mol. The normalized spacial score (nSPS) is 23.4. The Bertz CT molecular complexity index is 484. The first-order chi connectivity index (χ1) is 9.78. The summed E-state index contributed by atoms with van der Waals surface area (Å²) in [5.41, 5.74) is 2.42. The Morgan fingerprint density at radius 3 is 2.71 bits per heavy atom. The molecule has 0 aromatic heterocycles. The van der Waals surface area contributed by atoms with Gasteiger partial charge in [-0.25, -0.2) is 0 Å². The highest BCUT2D eigenvalue weighted by Crippen LogP contribution is 2.33. The van der Waals surface area contributed by atoms with Crippen LogP contribution in [0.15, 0.2) is 18.2 Å². The largest absolute Gasteiger partial charge is 0.393 e. The summed E-state index contributed by atoms with van der Waals surface area (Å²) < 4.78 is 0. The molecule has 0 bridgehead atoms. The van der Waals surface area contributed by atoms with Gasteiger partial charge in [-0.05, 0) is 44.7 Å². The Labute approximate surface area is 133 Å². The van der Waals surface area contributed by atoms with E-state index in [0.29, 0.717) is 0 Å². The summed E-state index contributed by atoms with van der Waals surface area (Å²) in [7, 11) is 0. The molecule has 2 rings (SSSR count). The van der Waals surface area contributed by atoms with Crippen molar-refractivity contribution < 1.29 is 5.11 Å². The Kier molecular flexibility index (Phi) is 5.18. The predicted molar refractivity (Wildman–Crippen MR) is 90.0 cm³/mol. The van der Waals surface area contributed by atoms with Crippen LogP contribution in [0.1, 0.15) is 39.7 Å². The van der Waals surface area contributed by atoms with Crippen LogP contribution in [0.4, 0.5) is 5.69 Å². The maximum atomic E-state index is 9.92. The molecule has 0 spiro atoms. The number of nitrogens with zero attached hydrogens (tertiary/aromatic N) is 1. The minimum atomic E-state index is -0.195. The highest BCUT2D eigenvalue weighted by Gasteiger charge is 2.26. The lowest BCUT2D eigenvalue weighted by Gasteiger charge is -2.37. The minimum absolute atomic E-state index is 0.0744. The molecule has 1 heterocycles. The first-order valence-corrected chi connectivity index (χ1v) is 8.11. The molecule has 118 valence electrons. The van der Waals surface area contributed by atoms with Gasteiger partial charge in [-0.1, -0.05) is 30.7 Å². The SMILES string of the molecule is CC1CN(c2c(Cl)cccc2CNC(C)(C)C)CCC1O. The zero-order chi connectivity index (χ0) is 15.6.